The predicted molar refractivity (Wildman–Crippen MR) is 112 cm³/mol. The van der Waals surface area contributed by atoms with E-state index in [0.29, 0.717) is 29.5 Å². The molecule has 0 aromatic heterocycles. The number of carbonyl (C=O) groups excluding carboxylic acids is 3. The fraction of sp³-hybridized carbons (Fsp3) is 0.348. The van der Waals surface area contributed by atoms with Gasteiger partial charge >= 0.3 is 5.97 Å². The molecule has 8 nitrogen and oxygen atoms in total. The van der Waals surface area contributed by atoms with Crippen LogP contribution >= 0.6 is 11.6 Å². The Kier molecular flexibility index (Phi) is 5.58. The third kappa shape index (κ3) is 3.85. The number of ether oxygens (including phenoxy) is 4. The van der Waals surface area contributed by atoms with Crippen molar-refractivity contribution >= 4 is 29.4 Å². The van der Waals surface area contributed by atoms with Crippen molar-refractivity contribution in [2.24, 2.45) is 0 Å². The van der Waals surface area contributed by atoms with Crippen LogP contribution in [-0.4, -0.2) is 48.7 Å². The second kappa shape index (κ2) is 8.54. The molecule has 0 radical (unpaired) electrons. The normalized spacial score (nSPS) is 19.5. The summed E-state index contributed by atoms with van der Waals surface area (Å²) in [5.74, 6) is -0.822. The number of fused-ring (bicyclic) bond motifs is 2. The third-order valence-electron chi connectivity index (χ3n) is 5.73. The van der Waals surface area contributed by atoms with E-state index in [0.717, 1.165) is 18.4 Å². The smallest absolute Gasteiger partial charge is 0.338 e. The number of rotatable bonds is 5. The summed E-state index contributed by atoms with van der Waals surface area (Å²) in [5.41, 5.74) is 2.07. The minimum Gasteiger partial charge on any atom is -0.467 e. The van der Waals surface area contributed by atoms with Crippen molar-refractivity contribution in [3.05, 3.63) is 63.2 Å². The van der Waals surface area contributed by atoms with Crippen molar-refractivity contribution < 1.29 is 33.3 Å². The molecule has 1 unspecified atom stereocenters. The van der Waals surface area contributed by atoms with Gasteiger partial charge in [0.05, 0.1) is 35.9 Å². The Morgan fingerprint density at radius 2 is 2.00 bits per heavy atom. The molecule has 2 aromatic rings. The van der Waals surface area contributed by atoms with Gasteiger partial charge in [-0.25, -0.2) is 4.79 Å². The van der Waals surface area contributed by atoms with Gasteiger partial charge in [0.2, 0.25) is 0 Å². The van der Waals surface area contributed by atoms with Crippen molar-refractivity contribution in [2.45, 2.75) is 32.2 Å². The maximum Gasteiger partial charge on any atom is 0.338 e. The quantitative estimate of drug-likeness (QED) is 0.502. The van der Waals surface area contributed by atoms with Crippen LogP contribution in [0.3, 0.4) is 0 Å². The highest BCUT2D eigenvalue weighted by molar-refractivity contribution is 6.30. The Balaban J connectivity index is 1.31. The Morgan fingerprint density at radius 1 is 1.16 bits per heavy atom. The van der Waals surface area contributed by atoms with E-state index in [1.54, 1.807) is 12.1 Å². The molecule has 3 aliphatic rings. The third-order valence-corrected chi connectivity index (χ3v) is 5.95. The Labute approximate surface area is 188 Å². The maximum atomic E-state index is 12.8. The molecule has 2 amide bonds. The van der Waals surface area contributed by atoms with E-state index in [1.165, 1.54) is 23.1 Å². The molecule has 0 saturated carbocycles. The number of benzene rings is 2. The Bertz CT molecular complexity index is 1110. The van der Waals surface area contributed by atoms with E-state index in [4.69, 9.17) is 30.5 Å². The summed E-state index contributed by atoms with van der Waals surface area (Å²) in [6, 6.07) is 7.80. The first kappa shape index (κ1) is 20.9. The second-order valence-corrected chi connectivity index (χ2v) is 8.29. The lowest BCUT2D eigenvalue weighted by Crippen LogP contribution is -2.36. The van der Waals surface area contributed by atoms with Crippen molar-refractivity contribution in [3.63, 3.8) is 0 Å². The lowest BCUT2D eigenvalue weighted by atomic mass is 10.1. The number of halogens is 1. The topological polar surface area (TPSA) is 91.4 Å². The van der Waals surface area contributed by atoms with Gasteiger partial charge in [-0.3, -0.25) is 14.5 Å². The van der Waals surface area contributed by atoms with Crippen LogP contribution in [0.4, 0.5) is 0 Å². The van der Waals surface area contributed by atoms with Crippen molar-refractivity contribution in [2.75, 3.05) is 19.9 Å². The molecular formula is C23H20ClNO7. The molecule has 5 rings (SSSR count). The van der Waals surface area contributed by atoms with Gasteiger partial charge in [0.1, 0.15) is 12.4 Å². The largest absolute Gasteiger partial charge is 0.467 e. The second-order valence-electron chi connectivity index (χ2n) is 7.86. The van der Waals surface area contributed by atoms with Crippen LogP contribution in [0.2, 0.25) is 5.02 Å². The lowest BCUT2D eigenvalue weighted by molar-refractivity contribution is -0.0180. The SMILES string of the molecule is O=C(OCc1cc(Cl)cc2c1OCOC2)c1ccc2c(c1)C(=O)N(CC1CCCO1)C2=O. The van der Waals surface area contributed by atoms with E-state index in [1.807, 2.05) is 0 Å². The van der Waals surface area contributed by atoms with Crippen molar-refractivity contribution in [3.8, 4) is 5.75 Å². The fourth-order valence-corrected chi connectivity index (χ4v) is 4.43. The zero-order chi connectivity index (χ0) is 22.2. The summed E-state index contributed by atoms with van der Waals surface area (Å²) < 4.78 is 21.8. The zero-order valence-electron chi connectivity index (χ0n) is 17.1. The molecule has 1 saturated heterocycles. The summed E-state index contributed by atoms with van der Waals surface area (Å²) >= 11 is 6.15. The number of nitrogens with zero attached hydrogens (tertiary/aromatic N) is 1. The van der Waals surface area contributed by atoms with E-state index in [9.17, 15) is 14.4 Å². The Hall–Kier alpha value is -2.94. The maximum absolute atomic E-state index is 12.8. The first-order chi connectivity index (χ1) is 15.5. The summed E-state index contributed by atoms with van der Waals surface area (Å²) in [4.78, 5) is 39.3. The minimum atomic E-state index is -0.619. The van der Waals surface area contributed by atoms with Gasteiger partial charge in [-0.05, 0) is 43.2 Å². The standard InChI is InChI=1S/C23H20ClNO7/c24-16-6-14-10-29-12-32-20(14)15(7-16)11-31-23(28)13-3-4-18-19(8-13)22(27)25(21(18)26)9-17-2-1-5-30-17/h3-4,6-8,17H,1-2,5,9-12H2. The first-order valence-corrected chi connectivity index (χ1v) is 10.7. The number of imide groups is 1. The minimum absolute atomic E-state index is 0.0587. The molecule has 166 valence electrons. The van der Waals surface area contributed by atoms with Gasteiger partial charge in [-0.1, -0.05) is 11.6 Å². The van der Waals surface area contributed by atoms with Crippen LogP contribution in [0, 0.1) is 0 Å². The number of esters is 1. The molecule has 32 heavy (non-hydrogen) atoms. The highest BCUT2D eigenvalue weighted by atomic mass is 35.5. The van der Waals surface area contributed by atoms with Crippen LogP contribution < -0.4 is 4.74 Å². The Morgan fingerprint density at radius 3 is 2.81 bits per heavy atom. The first-order valence-electron chi connectivity index (χ1n) is 10.3. The van der Waals surface area contributed by atoms with Gasteiger partial charge in [0, 0.05) is 22.8 Å². The molecule has 9 heteroatoms. The fourth-order valence-electron chi connectivity index (χ4n) is 4.17. The number of carbonyl (C=O) groups is 3. The van der Waals surface area contributed by atoms with E-state index >= 15 is 0 Å². The van der Waals surface area contributed by atoms with Crippen LogP contribution in [0.5, 0.6) is 5.75 Å². The van der Waals surface area contributed by atoms with Gasteiger partial charge < -0.3 is 18.9 Å². The average molecular weight is 458 g/mol. The highest BCUT2D eigenvalue weighted by Gasteiger charge is 2.38. The predicted octanol–water partition coefficient (Wildman–Crippen LogP) is 3.34. The number of amides is 2. The molecule has 0 spiro atoms. The molecule has 0 N–H and O–H groups in total. The summed E-state index contributed by atoms with van der Waals surface area (Å²) in [5, 5.41) is 0.483. The highest BCUT2D eigenvalue weighted by Crippen LogP contribution is 2.32. The molecule has 1 atom stereocenters. The zero-order valence-corrected chi connectivity index (χ0v) is 17.9. The number of hydrogen-bond acceptors (Lipinski definition) is 7. The van der Waals surface area contributed by atoms with Gasteiger partial charge in [0.25, 0.3) is 11.8 Å². The van der Waals surface area contributed by atoms with Crippen LogP contribution in [0.25, 0.3) is 0 Å². The van der Waals surface area contributed by atoms with E-state index in [2.05, 4.69) is 0 Å². The summed E-state index contributed by atoms with van der Waals surface area (Å²) in [7, 11) is 0. The van der Waals surface area contributed by atoms with Crippen LogP contribution in [0.15, 0.2) is 30.3 Å². The van der Waals surface area contributed by atoms with Crippen LogP contribution in [-0.2, 0) is 27.4 Å². The monoisotopic (exact) mass is 457 g/mol. The van der Waals surface area contributed by atoms with Gasteiger partial charge in [-0.2, -0.15) is 0 Å². The molecule has 1 fully saturated rings. The molecule has 3 aliphatic heterocycles. The molecule has 3 heterocycles. The van der Waals surface area contributed by atoms with E-state index in [-0.39, 0.29) is 48.6 Å². The summed E-state index contributed by atoms with van der Waals surface area (Å²) in [6.45, 7) is 1.27. The van der Waals surface area contributed by atoms with Gasteiger partial charge in [0.15, 0.2) is 6.79 Å². The number of hydrogen-bond donors (Lipinski definition) is 0. The van der Waals surface area contributed by atoms with Gasteiger partial charge in [-0.15, -0.1) is 0 Å². The lowest BCUT2D eigenvalue weighted by Gasteiger charge is -2.21. The molecule has 0 bridgehead atoms. The van der Waals surface area contributed by atoms with E-state index < -0.39 is 11.9 Å². The molecule has 0 aliphatic carbocycles. The van der Waals surface area contributed by atoms with Crippen LogP contribution in [0.1, 0.15) is 55.0 Å². The average Bonchev–Trinajstić information content (AvgIpc) is 3.40. The molecule has 2 aromatic carbocycles. The van der Waals surface area contributed by atoms with Crippen molar-refractivity contribution in [1.29, 1.82) is 0 Å². The molecular weight excluding hydrogens is 438 g/mol. The summed E-state index contributed by atoms with van der Waals surface area (Å²) in [6.07, 6.45) is 1.59. The van der Waals surface area contributed by atoms with Crippen molar-refractivity contribution in [1.82, 2.24) is 4.90 Å².